The van der Waals surface area contributed by atoms with Gasteiger partial charge in [0.15, 0.2) is 5.78 Å². The lowest BCUT2D eigenvalue weighted by Gasteiger charge is -2.22. The first-order valence-electron chi connectivity index (χ1n) is 5.48. The van der Waals surface area contributed by atoms with Gasteiger partial charge in [-0.2, -0.15) is 0 Å². The van der Waals surface area contributed by atoms with Crippen LogP contribution in [0.4, 0.5) is 0 Å². The Morgan fingerprint density at radius 3 is 2.47 bits per heavy atom. The molecule has 0 unspecified atom stereocenters. The van der Waals surface area contributed by atoms with Crippen molar-refractivity contribution in [2.75, 3.05) is 13.6 Å². The number of likely N-dealkylation sites (N-methyl/N-ethyl adjacent to an activating group) is 1. The maximum Gasteiger partial charge on any atom is 0.180 e. The van der Waals surface area contributed by atoms with Gasteiger partial charge in [-0.3, -0.25) is 4.79 Å². The van der Waals surface area contributed by atoms with Gasteiger partial charge in [0.05, 0.1) is 12.1 Å². The van der Waals surface area contributed by atoms with Gasteiger partial charge in [0.2, 0.25) is 0 Å². The Morgan fingerprint density at radius 2 is 2.00 bits per heavy atom. The first kappa shape index (κ1) is 14.0. The van der Waals surface area contributed by atoms with E-state index >= 15 is 0 Å². The highest BCUT2D eigenvalue weighted by molar-refractivity contribution is 6.31. The molecule has 0 amide bonds. The molecule has 4 heteroatoms. The number of benzene rings is 1. The first-order chi connectivity index (χ1) is 7.77. The number of carbonyl (C=O) groups is 1. The van der Waals surface area contributed by atoms with Crippen LogP contribution < -0.4 is 5.32 Å². The minimum atomic E-state index is -0.260. The number of rotatable bonds is 3. The predicted octanol–water partition coefficient (Wildman–Crippen LogP) is 2.75. The third-order valence-electron chi connectivity index (χ3n) is 2.52. The maximum absolute atomic E-state index is 11.8. The van der Waals surface area contributed by atoms with Gasteiger partial charge in [-0.25, -0.2) is 0 Å². The van der Waals surface area contributed by atoms with E-state index in [2.05, 4.69) is 5.32 Å². The molecule has 0 spiro atoms. The molecule has 94 valence electrons. The molecule has 3 nitrogen and oxygen atoms in total. The Balaban J connectivity index is 3.34. The standard InChI is InChI=1S/C13H18ClNO2/c1-13(2,3)10-6-8(14)5-9(12(10)17)11(16)7-15-4/h5-6,15,17H,7H2,1-4H3. The van der Waals surface area contributed by atoms with Crippen molar-refractivity contribution in [3.8, 4) is 5.75 Å². The summed E-state index contributed by atoms with van der Waals surface area (Å²) in [5, 5.41) is 13.4. The molecule has 0 aliphatic heterocycles. The minimum Gasteiger partial charge on any atom is -0.507 e. The quantitative estimate of drug-likeness (QED) is 0.817. The number of ketones is 1. The number of hydrogen-bond donors (Lipinski definition) is 2. The Kier molecular flexibility index (Phi) is 4.17. The van der Waals surface area contributed by atoms with Crippen molar-refractivity contribution in [3.05, 3.63) is 28.3 Å². The van der Waals surface area contributed by atoms with Crippen molar-refractivity contribution >= 4 is 17.4 Å². The van der Waals surface area contributed by atoms with Crippen molar-refractivity contribution in [3.63, 3.8) is 0 Å². The van der Waals surface area contributed by atoms with E-state index in [0.29, 0.717) is 10.6 Å². The Labute approximate surface area is 107 Å². The van der Waals surface area contributed by atoms with Crippen LogP contribution in [0.2, 0.25) is 5.02 Å². The summed E-state index contributed by atoms with van der Waals surface area (Å²) in [6.07, 6.45) is 0. The van der Waals surface area contributed by atoms with E-state index in [0.717, 1.165) is 0 Å². The number of phenolic OH excluding ortho intramolecular Hbond substituents is 1. The number of hydrogen-bond acceptors (Lipinski definition) is 3. The Bertz CT molecular complexity index is 436. The molecule has 2 N–H and O–H groups in total. The van der Waals surface area contributed by atoms with Gasteiger partial charge in [0.1, 0.15) is 5.75 Å². The second kappa shape index (κ2) is 5.07. The molecule has 17 heavy (non-hydrogen) atoms. The second-order valence-electron chi connectivity index (χ2n) is 5.05. The van der Waals surface area contributed by atoms with Crippen LogP contribution in [0.3, 0.4) is 0 Å². The van der Waals surface area contributed by atoms with Crippen molar-refractivity contribution in [1.82, 2.24) is 5.32 Å². The number of halogens is 1. The fourth-order valence-electron chi connectivity index (χ4n) is 1.64. The maximum atomic E-state index is 11.8. The fourth-order valence-corrected chi connectivity index (χ4v) is 1.86. The summed E-state index contributed by atoms with van der Waals surface area (Å²) in [4.78, 5) is 11.8. The molecule has 1 aromatic rings. The molecular weight excluding hydrogens is 238 g/mol. The van der Waals surface area contributed by atoms with Gasteiger partial charge in [-0.1, -0.05) is 32.4 Å². The van der Waals surface area contributed by atoms with Crippen LogP contribution in [0.5, 0.6) is 5.75 Å². The molecule has 0 aliphatic carbocycles. The molecule has 0 saturated carbocycles. The smallest absolute Gasteiger partial charge is 0.180 e. The first-order valence-corrected chi connectivity index (χ1v) is 5.86. The number of phenols is 1. The lowest BCUT2D eigenvalue weighted by molar-refractivity contribution is 0.0991. The van der Waals surface area contributed by atoms with E-state index in [1.54, 1.807) is 13.1 Å². The summed E-state index contributed by atoms with van der Waals surface area (Å²) in [5.74, 6) is -0.139. The van der Waals surface area contributed by atoms with Gasteiger partial charge in [0.25, 0.3) is 0 Å². The van der Waals surface area contributed by atoms with Gasteiger partial charge < -0.3 is 10.4 Å². The van der Waals surface area contributed by atoms with E-state index in [9.17, 15) is 9.90 Å². The van der Waals surface area contributed by atoms with E-state index in [1.165, 1.54) is 6.07 Å². The van der Waals surface area contributed by atoms with E-state index in [4.69, 9.17) is 11.6 Å². The molecule has 0 bridgehead atoms. The summed E-state index contributed by atoms with van der Waals surface area (Å²) in [5.41, 5.74) is 0.699. The average Bonchev–Trinajstić information content (AvgIpc) is 2.19. The molecular formula is C13H18ClNO2. The number of aromatic hydroxyl groups is 1. The SMILES string of the molecule is CNCC(=O)c1cc(Cl)cc(C(C)(C)C)c1O. The number of Topliss-reactive ketones (excluding diaryl/α,β-unsaturated/α-hetero) is 1. The van der Waals surface area contributed by atoms with E-state index in [1.807, 2.05) is 20.8 Å². The third-order valence-corrected chi connectivity index (χ3v) is 2.74. The minimum absolute atomic E-state index is 0.0298. The average molecular weight is 256 g/mol. The van der Waals surface area contributed by atoms with Crippen molar-refractivity contribution in [1.29, 1.82) is 0 Å². The molecule has 0 radical (unpaired) electrons. The summed E-state index contributed by atoms with van der Waals surface area (Å²) in [6, 6.07) is 3.21. The van der Waals surface area contributed by atoms with Gasteiger partial charge in [-0.05, 0) is 24.6 Å². The van der Waals surface area contributed by atoms with Crippen molar-refractivity contribution < 1.29 is 9.90 Å². The zero-order valence-electron chi connectivity index (χ0n) is 10.6. The number of nitrogens with one attached hydrogen (secondary N) is 1. The van der Waals surface area contributed by atoms with Crippen LogP contribution in [0, 0.1) is 0 Å². The third kappa shape index (κ3) is 3.20. The van der Waals surface area contributed by atoms with Gasteiger partial charge in [0, 0.05) is 10.6 Å². The topological polar surface area (TPSA) is 49.3 Å². The van der Waals surface area contributed by atoms with E-state index in [-0.39, 0.29) is 29.1 Å². The second-order valence-corrected chi connectivity index (χ2v) is 5.49. The molecule has 1 aromatic carbocycles. The summed E-state index contributed by atoms with van der Waals surface area (Å²) >= 11 is 5.99. The monoisotopic (exact) mass is 255 g/mol. The van der Waals surface area contributed by atoms with Gasteiger partial charge >= 0.3 is 0 Å². The lowest BCUT2D eigenvalue weighted by atomic mass is 9.84. The summed E-state index contributed by atoms with van der Waals surface area (Å²) in [7, 11) is 1.68. The Morgan fingerprint density at radius 1 is 1.41 bits per heavy atom. The molecule has 0 aliphatic rings. The fraction of sp³-hybridized carbons (Fsp3) is 0.462. The zero-order valence-corrected chi connectivity index (χ0v) is 11.4. The highest BCUT2D eigenvalue weighted by Crippen LogP contribution is 2.35. The van der Waals surface area contributed by atoms with Crippen LogP contribution in [0.15, 0.2) is 12.1 Å². The van der Waals surface area contributed by atoms with Crippen LogP contribution in [-0.4, -0.2) is 24.5 Å². The van der Waals surface area contributed by atoms with Crippen molar-refractivity contribution in [2.24, 2.45) is 0 Å². The largest absolute Gasteiger partial charge is 0.507 e. The lowest BCUT2D eigenvalue weighted by Crippen LogP contribution is -2.20. The Hall–Kier alpha value is -1.06. The molecule has 0 aromatic heterocycles. The normalized spacial score (nSPS) is 11.6. The highest BCUT2D eigenvalue weighted by atomic mass is 35.5. The summed E-state index contributed by atoms with van der Waals surface area (Å²) in [6.45, 7) is 6.07. The predicted molar refractivity (Wildman–Crippen MR) is 70.1 cm³/mol. The zero-order chi connectivity index (χ0) is 13.2. The molecule has 0 saturated heterocycles. The molecule has 0 atom stereocenters. The number of carbonyl (C=O) groups excluding carboxylic acids is 1. The molecule has 0 fully saturated rings. The van der Waals surface area contributed by atoms with Crippen molar-refractivity contribution in [2.45, 2.75) is 26.2 Å². The summed E-state index contributed by atoms with van der Waals surface area (Å²) < 4.78 is 0. The molecule has 1 rings (SSSR count). The van der Waals surface area contributed by atoms with Crippen LogP contribution in [0.25, 0.3) is 0 Å². The van der Waals surface area contributed by atoms with Crippen LogP contribution >= 0.6 is 11.6 Å². The molecule has 0 heterocycles. The van der Waals surface area contributed by atoms with E-state index < -0.39 is 0 Å². The van der Waals surface area contributed by atoms with Gasteiger partial charge in [-0.15, -0.1) is 0 Å². The van der Waals surface area contributed by atoms with Crippen LogP contribution in [0.1, 0.15) is 36.7 Å². The highest BCUT2D eigenvalue weighted by Gasteiger charge is 2.23. The van der Waals surface area contributed by atoms with Crippen LogP contribution in [-0.2, 0) is 5.41 Å².